The van der Waals surface area contributed by atoms with Gasteiger partial charge in [-0.05, 0) is 41.9 Å². The van der Waals surface area contributed by atoms with Crippen molar-refractivity contribution in [3.05, 3.63) is 27.7 Å². The van der Waals surface area contributed by atoms with Crippen molar-refractivity contribution in [1.29, 1.82) is 0 Å². The van der Waals surface area contributed by atoms with Crippen LogP contribution in [0.4, 0.5) is 0 Å². The lowest BCUT2D eigenvalue weighted by molar-refractivity contribution is 0.132. The number of halogens is 2. The van der Waals surface area contributed by atoms with Crippen LogP contribution in [0, 0.1) is 11.3 Å². The quantitative estimate of drug-likeness (QED) is 0.600. The van der Waals surface area contributed by atoms with E-state index in [0.717, 1.165) is 23.2 Å². The van der Waals surface area contributed by atoms with Gasteiger partial charge in [0.05, 0.1) is 12.0 Å². The molecule has 1 aromatic rings. The average molecular weight is 358 g/mol. The lowest BCUT2D eigenvalue weighted by Crippen LogP contribution is -2.31. The molecule has 3 heteroatoms. The first-order chi connectivity index (χ1) is 9.49. The molecule has 0 saturated heterocycles. The first kappa shape index (κ1) is 14.7. The molecule has 1 fully saturated rings. The molecule has 2 unspecified atom stereocenters. The Labute approximate surface area is 135 Å². The van der Waals surface area contributed by atoms with E-state index in [0.29, 0.717) is 11.3 Å². The lowest BCUT2D eigenvalue weighted by Gasteiger charge is -2.41. The third kappa shape index (κ3) is 2.62. The molecule has 2 aliphatic rings. The second-order valence-corrected chi connectivity index (χ2v) is 8.21. The normalized spacial score (nSPS) is 25.9. The molecule has 0 radical (unpaired) electrons. The molecule has 3 rings (SSSR count). The monoisotopic (exact) mass is 356 g/mol. The van der Waals surface area contributed by atoms with Gasteiger partial charge in [-0.2, -0.15) is 0 Å². The second kappa shape index (κ2) is 5.53. The van der Waals surface area contributed by atoms with Gasteiger partial charge in [0.1, 0.15) is 5.75 Å². The first-order valence-electron chi connectivity index (χ1n) is 7.58. The average Bonchev–Trinajstić information content (AvgIpc) is 2.84. The zero-order chi connectivity index (χ0) is 14.3. The Morgan fingerprint density at radius 2 is 2.15 bits per heavy atom. The van der Waals surface area contributed by atoms with Gasteiger partial charge in [-0.25, -0.2) is 0 Å². The minimum absolute atomic E-state index is 0.0506. The van der Waals surface area contributed by atoms with Crippen LogP contribution in [0.15, 0.2) is 16.6 Å². The van der Waals surface area contributed by atoms with Gasteiger partial charge in [0.2, 0.25) is 0 Å². The molecule has 1 heterocycles. The van der Waals surface area contributed by atoms with E-state index in [-0.39, 0.29) is 5.38 Å². The highest BCUT2D eigenvalue weighted by atomic mass is 79.9. The van der Waals surface area contributed by atoms with Crippen molar-refractivity contribution in [1.82, 2.24) is 0 Å². The Bertz CT molecular complexity index is 512. The molecule has 0 N–H and O–H groups in total. The highest BCUT2D eigenvalue weighted by molar-refractivity contribution is 9.10. The largest absolute Gasteiger partial charge is 0.493 e. The third-order valence-corrected chi connectivity index (χ3v) is 6.01. The van der Waals surface area contributed by atoms with Gasteiger partial charge in [-0.3, -0.25) is 0 Å². The Kier molecular flexibility index (Phi) is 4.07. The van der Waals surface area contributed by atoms with Crippen LogP contribution in [-0.2, 0) is 6.42 Å². The summed E-state index contributed by atoms with van der Waals surface area (Å²) in [7, 11) is 0. The molecule has 2 atom stereocenters. The maximum absolute atomic E-state index is 6.92. The SMILES string of the molecule is CC1(C)CCCCC1C(Cl)c1cc(Br)cc2c1OCC2. The van der Waals surface area contributed by atoms with E-state index >= 15 is 0 Å². The van der Waals surface area contributed by atoms with Crippen molar-refractivity contribution < 1.29 is 4.74 Å². The predicted molar refractivity (Wildman–Crippen MR) is 87.7 cm³/mol. The van der Waals surface area contributed by atoms with Gasteiger partial charge in [0.25, 0.3) is 0 Å². The smallest absolute Gasteiger partial charge is 0.127 e. The topological polar surface area (TPSA) is 9.23 Å². The van der Waals surface area contributed by atoms with Gasteiger partial charge < -0.3 is 4.74 Å². The minimum atomic E-state index is 0.0506. The molecule has 1 aromatic carbocycles. The van der Waals surface area contributed by atoms with Crippen LogP contribution in [-0.4, -0.2) is 6.61 Å². The molecular formula is C17H22BrClO. The number of ether oxygens (including phenoxy) is 1. The fourth-order valence-corrected chi connectivity index (χ4v) is 4.94. The van der Waals surface area contributed by atoms with Crippen LogP contribution in [0.5, 0.6) is 5.75 Å². The molecule has 0 aromatic heterocycles. The van der Waals surface area contributed by atoms with E-state index in [1.54, 1.807) is 0 Å². The van der Waals surface area contributed by atoms with Crippen molar-refractivity contribution in [3.8, 4) is 5.75 Å². The van der Waals surface area contributed by atoms with Crippen LogP contribution in [0.3, 0.4) is 0 Å². The molecular weight excluding hydrogens is 336 g/mol. The van der Waals surface area contributed by atoms with E-state index in [4.69, 9.17) is 16.3 Å². The summed E-state index contributed by atoms with van der Waals surface area (Å²) in [6.45, 7) is 5.52. The summed E-state index contributed by atoms with van der Waals surface area (Å²) in [6, 6.07) is 4.33. The van der Waals surface area contributed by atoms with E-state index < -0.39 is 0 Å². The number of rotatable bonds is 2. The molecule has 1 aliphatic carbocycles. The van der Waals surface area contributed by atoms with Crippen LogP contribution >= 0.6 is 27.5 Å². The standard InChI is InChI=1S/C17H22BrClO/c1-17(2)7-4-3-5-14(17)15(19)13-10-12(18)9-11-6-8-20-16(11)13/h9-10,14-15H,3-8H2,1-2H3. The van der Waals surface area contributed by atoms with E-state index in [9.17, 15) is 0 Å². The van der Waals surface area contributed by atoms with Gasteiger partial charge in [-0.15, -0.1) is 11.6 Å². The predicted octanol–water partition coefficient (Wildman–Crippen LogP) is 5.88. The second-order valence-electron chi connectivity index (χ2n) is 6.82. The van der Waals surface area contributed by atoms with Crippen LogP contribution in [0.1, 0.15) is 56.0 Å². The van der Waals surface area contributed by atoms with Crippen LogP contribution in [0.25, 0.3) is 0 Å². The highest BCUT2D eigenvalue weighted by Crippen LogP contribution is 2.52. The maximum Gasteiger partial charge on any atom is 0.127 e. The van der Waals surface area contributed by atoms with Crippen molar-refractivity contribution in [2.45, 2.75) is 51.3 Å². The Morgan fingerprint density at radius 1 is 1.35 bits per heavy atom. The zero-order valence-electron chi connectivity index (χ0n) is 12.2. The van der Waals surface area contributed by atoms with Gasteiger partial charge in [-0.1, -0.05) is 42.6 Å². The van der Waals surface area contributed by atoms with Crippen molar-refractivity contribution in [2.75, 3.05) is 6.61 Å². The molecule has 0 spiro atoms. The van der Waals surface area contributed by atoms with Crippen molar-refractivity contribution in [2.24, 2.45) is 11.3 Å². The number of hydrogen-bond donors (Lipinski definition) is 0. The van der Waals surface area contributed by atoms with Gasteiger partial charge >= 0.3 is 0 Å². The van der Waals surface area contributed by atoms with E-state index in [2.05, 4.69) is 41.9 Å². The zero-order valence-corrected chi connectivity index (χ0v) is 14.6. The molecule has 1 nitrogen and oxygen atoms in total. The lowest BCUT2D eigenvalue weighted by atomic mass is 9.66. The summed E-state index contributed by atoms with van der Waals surface area (Å²) in [5, 5.41) is 0.0506. The number of fused-ring (bicyclic) bond motifs is 1. The van der Waals surface area contributed by atoms with Crippen molar-refractivity contribution >= 4 is 27.5 Å². The molecule has 1 aliphatic heterocycles. The van der Waals surface area contributed by atoms with Gasteiger partial charge in [0, 0.05) is 16.5 Å². The summed E-state index contributed by atoms with van der Waals surface area (Å²) in [5.74, 6) is 1.58. The maximum atomic E-state index is 6.92. The minimum Gasteiger partial charge on any atom is -0.493 e. The summed E-state index contributed by atoms with van der Waals surface area (Å²) in [4.78, 5) is 0. The van der Waals surface area contributed by atoms with Crippen LogP contribution in [0.2, 0.25) is 0 Å². The van der Waals surface area contributed by atoms with E-state index in [1.165, 1.54) is 36.8 Å². The van der Waals surface area contributed by atoms with Gasteiger partial charge in [0.15, 0.2) is 0 Å². The molecule has 0 bridgehead atoms. The van der Waals surface area contributed by atoms with Crippen LogP contribution < -0.4 is 4.74 Å². The molecule has 0 amide bonds. The fourth-order valence-electron chi connectivity index (χ4n) is 3.78. The van der Waals surface area contributed by atoms with Crippen molar-refractivity contribution in [3.63, 3.8) is 0 Å². The third-order valence-electron chi connectivity index (χ3n) is 5.02. The highest BCUT2D eigenvalue weighted by Gasteiger charge is 2.39. The molecule has 20 heavy (non-hydrogen) atoms. The Morgan fingerprint density at radius 3 is 2.90 bits per heavy atom. The van der Waals surface area contributed by atoms with E-state index in [1.807, 2.05) is 0 Å². The molecule has 110 valence electrons. The summed E-state index contributed by atoms with van der Waals surface area (Å²) < 4.78 is 6.98. The Hall–Kier alpha value is -0.210. The number of alkyl halides is 1. The number of benzene rings is 1. The Balaban J connectivity index is 1.96. The summed E-state index contributed by atoms with van der Waals surface area (Å²) in [5.41, 5.74) is 2.81. The molecule has 1 saturated carbocycles. The summed E-state index contributed by atoms with van der Waals surface area (Å²) in [6.07, 6.45) is 6.13. The number of hydrogen-bond acceptors (Lipinski definition) is 1. The fraction of sp³-hybridized carbons (Fsp3) is 0.647. The first-order valence-corrected chi connectivity index (χ1v) is 8.81. The summed E-state index contributed by atoms with van der Waals surface area (Å²) >= 11 is 10.5.